The zero-order valence-electron chi connectivity index (χ0n) is 15.5. The van der Waals surface area contributed by atoms with Gasteiger partial charge in [-0.2, -0.15) is 0 Å². The number of rotatable bonds is 4. The molecule has 2 amide bonds. The Hall–Kier alpha value is -2.60. The molecule has 2 heterocycles. The molecule has 3 atom stereocenters. The maximum Gasteiger partial charge on any atom is 0.319 e. The molecular weight excluding hydrogens is 328 g/mol. The van der Waals surface area contributed by atoms with Crippen molar-refractivity contribution in [2.24, 2.45) is 0 Å². The summed E-state index contributed by atoms with van der Waals surface area (Å²) in [7, 11) is 0. The van der Waals surface area contributed by atoms with Crippen LogP contribution in [-0.4, -0.2) is 36.3 Å². The maximum atomic E-state index is 12.2. The molecule has 1 aromatic heterocycles. The van der Waals surface area contributed by atoms with Crippen LogP contribution in [0.4, 0.5) is 16.2 Å². The van der Waals surface area contributed by atoms with Crippen LogP contribution < -0.4 is 15.5 Å². The number of nitrogens with one attached hydrogen (secondary N) is 2. The largest absolute Gasteiger partial charge is 0.372 e. The molecule has 0 saturated carbocycles. The Balaban J connectivity index is 1.56. The number of ether oxygens (including phenoxy) is 1. The van der Waals surface area contributed by atoms with Gasteiger partial charge < -0.3 is 20.3 Å². The quantitative estimate of drug-likeness (QED) is 0.881. The van der Waals surface area contributed by atoms with E-state index in [0.29, 0.717) is 0 Å². The summed E-state index contributed by atoms with van der Waals surface area (Å²) in [5.41, 5.74) is 2.72. The van der Waals surface area contributed by atoms with Crippen molar-refractivity contribution in [3.63, 3.8) is 0 Å². The average molecular weight is 354 g/mol. The minimum absolute atomic E-state index is 0.160. The lowest BCUT2D eigenvalue weighted by molar-refractivity contribution is -0.00521. The average Bonchev–Trinajstić information content (AvgIpc) is 2.62. The molecule has 0 radical (unpaired) electrons. The van der Waals surface area contributed by atoms with Crippen molar-refractivity contribution >= 4 is 17.4 Å². The predicted molar refractivity (Wildman–Crippen MR) is 103 cm³/mol. The van der Waals surface area contributed by atoms with E-state index >= 15 is 0 Å². The van der Waals surface area contributed by atoms with E-state index in [1.165, 1.54) is 0 Å². The highest BCUT2D eigenvalue weighted by Crippen LogP contribution is 2.22. The molecule has 6 nitrogen and oxygen atoms in total. The first-order valence-corrected chi connectivity index (χ1v) is 9.00. The number of benzene rings is 1. The first-order valence-electron chi connectivity index (χ1n) is 9.00. The normalized spacial score (nSPS) is 21.1. The van der Waals surface area contributed by atoms with E-state index < -0.39 is 0 Å². The summed E-state index contributed by atoms with van der Waals surface area (Å²) in [4.78, 5) is 18.8. The number of hydrogen-bond acceptors (Lipinski definition) is 4. The van der Waals surface area contributed by atoms with Gasteiger partial charge in [-0.3, -0.25) is 4.98 Å². The summed E-state index contributed by atoms with van der Waals surface area (Å²) < 4.78 is 5.78. The number of morpholine rings is 1. The molecule has 26 heavy (non-hydrogen) atoms. The smallest absolute Gasteiger partial charge is 0.319 e. The van der Waals surface area contributed by atoms with Crippen molar-refractivity contribution in [3.8, 4) is 0 Å². The zero-order valence-corrected chi connectivity index (χ0v) is 15.5. The first kappa shape index (κ1) is 18.2. The van der Waals surface area contributed by atoms with Gasteiger partial charge in [0.25, 0.3) is 0 Å². The van der Waals surface area contributed by atoms with Crippen molar-refractivity contribution < 1.29 is 9.53 Å². The van der Waals surface area contributed by atoms with Crippen LogP contribution in [0.25, 0.3) is 0 Å². The molecule has 2 N–H and O–H groups in total. The molecule has 1 aromatic carbocycles. The van der Waals surface area contributed by atoms with Crippen LogP contribution in [0.3, 0.4) is 0 Å². The van der Waals surface area contributed by atoms with E-state index in [1.54, 1.807) is 6.20 Å². The molecule has 2 aromatic rings. The number of nitrogens with zero attached hydrogens (tertiary/aromatic N) is 2. The lowest BCUT2D eigenvalue weighted by Gasteiger charge is -2.36. The minimum atomic E-state index is -0.246. The topological polar surface area (TPSA) is 66.5 Å². The van der Waals surface area contributed by atoms with E-state index in [0.717, 1.165) is 30.2 Å². The molecule has 1 fully saturated rings. The predicted octanol–water partition coefficient (Wildman–Crippen LogP) is 3.58. The lowest BCUT2D eigenvalue weighted by atomic mass is 10.2. The summed E-state index contributed by atoms with van der Waals surface area (Å²) >= 11 is 0. The zero-order chi connectivity index (χ0) is 18.5. The van der Waals surface area contributed by atoms with E-state index in [1.807, 2.05) is 49.4 Å². The van der Waals surface area contributed by atoms with Crippen LogP contribution in [-0.2, 0) is 4.74 Å². The van der Waals surface area contributed by atoms with Crippen LogP contribution in [0.2, 0.25) is 0 Å². The number of pyridine rings is 1. The Kier molecular flexibility index (Phi) is 5.73. The van der Waals surface area contributed by atoms with E-state index in [2.05, 4.69) is 34.4 Å². The van der Waals surface area contributed by atoms with Crippen molar-refractivity contribution in [2.45, 2.75) is 39.0 Å². The highest BCUT2D eigenvalue weighted by Gasteiger charge is 2.22. The Morgan fingerprint density at radius 1 is 1.15 bits per heavy atom. The third-order valence-corrected chi connectivity index (χ3v) is 4.39. The monoisotopic (exact) mass is 354 g/mol. The van der Waals surface area contributed by atoms with Gasteiger partial charge in [-0.05, 0) is 57.2 Å². The third-order valence-electron chi connectivity index (χ3n) is 4.39. The minimum Gasteiger partial charge on any atom is -0.372 e. The molecule has 6 heteroatoms. The fourth-order valence-electron chi connectivity index (χ4n) is 3.21. The summed E-state index contributed by atoms with van der Waals surface area (Å²) in [5.74, 6) is 0. The lowest BCUT2D eigenvalue weighted by Crippen LogP contribution is -2.45. The molecule has 3 rings (SSSR count). The maximum absolute atomic E-state index is 12.2. The fraction of sp³-hybridized carbons (Fsp3) is 0.400. The molecule has 1 saturated heterocycles. The van der Waals surface area contributed by atoms with Crippen molar-refractivity contribution in [3.05, 3.63) is 54.4 Å². The van der Waals surface area contributed by atoms with Crippen molar-refractivity contribution in [1.29, 1.82) is 0 Å². The second kappa shape index (κ2) is 8.19. The number of hydrogen-bond donors (Lipinski definition) is 2. The summed E-state index contributed by atoms with van der Waals surface area (Å²) in [6.07, 6.45) is 2.16. The van der Waals surface area contributed by atoms with Gasteiger partial charge in [0, 0.05) is 30.7 Å². The highest BCUT2D eigenvalue weighted by molar-refractivity contribution is 5.89. The van der Waals surface area contributed by atoms with Crippen LogP contribution in [0.15, 0.2) is 48.7 Å². The standard InChI is InChI=1S/C20H26N4O2/c1-14-12-24(13-15(2)26-14)18-9-7-17(8-10-18)23-20(25)22-16(3)19-6-4-5-11-21-19/h4-11,14-16H,12-13H2,1-3H3,(H2,22,23,25). The van der Waals surface area contributed by atoms with Gasteiger partial charge >= 0.3 is 6.03 Å². The molecule has 1 aliphatic heterocycles. The number of carbonyl (C=O) groups is 1. The van der Waals surface area contributed by atoms with Gasteiger partial charge in [0.15, 0.2) is 0 Å². The SMILES string of the molecule is CC1CN(c2ccc(NC(=O)NC(C)c3ccccn3)cc2)CC(C)O1. The highest BCUT2D eigenvalue weighted by atomic mass is 16.5. The van der Waals surface area contributed by atoms with E-state index in [-0.39, 0.29) is 24.3 Å². The summed E-state index contributed by atoms with van der Waals surface area (Å²) in [5, 5.41) is 5.76. The molecular formula is C20H26N4O2. The Morgan fingerprint density at radius 3 is 2.46 bits per heavy atom. The number of amides is 2. The van der Waals surface area contributed by atoms with Gasteiger partial charge in [0.1, 0.15) is 0 Å². The molecule has 0 bridgehead atoms. The van der Waals surface area contributed by atoms with Crippen LogP contribution in [0, 0.1) is 0 Å². The molecule has 1 aliphatic rings. The second-order valence-corrected chi connectivity index (χ2v) is 6.78. The van der Waals surface area contributed by atoms with Gasteiger partial charge in [0.2, 0.25) is 0 Å². The number of carbonyl (C=O) groups excluding carboxylic acids is 1. The molecule has 0 aliphatic carbocycles. The van der Waals surface area contributed by atoms with Crippen LogP contribution >= 0.6 is 0 Å². The van der Waals surface area contributed by atoms with Crippen molar-refractivity contribution in [2.75, 3.05) is 23.3 Å². The molecule has 138 valence electrons. The summed E-state index contributed by atoms with van der Waals surface area (Å²) in [6, 6.07) is 13.2. The van der Waals surface area contributed by atoms with Crippen molar-refractivity contribution in [1.82, 2.24) is 10.3 Å². The van der Waals surface area contributed by atoms with Gasteiger partial charge in [-0.15, -0.1) is 0 Å². The van der Waals surface area contributed by atoms with E-state index in [4.69, 9.17) is 4.74 Å². The third kappa shape index (κ3) is 4.73. The number of urea groups is 1. The number of aromatic nitrogens is 1. The van der Waals surface area contributed by atoms with Gasteiger partial charge in [0.05, 0.1) is 23.9 Å². The Labute approximate surface area is 154 Å². The second-order valence-electron chi connectivity index (χ2n) is 6.78. The first-order chi connectivity index (χ1) is 12.5. The van der Waals surface area contributed by atoms with Crippen LogP contribution in [0.5, 0.6) is 0 Å². The molecule has 0 spiro atoms. The van der Waals surface area contributed by atoms with Gasteiger partial charge in [-0.25, -0.2) is 4.79 Å². The fourth-order valence-corrected chi connectivity index (χ4v) is 3.21. The van der Waals surface area contributed by atoms with Gasteiger partial charge in [-0.1, -0.05) is 6.07 Å². The Morgan fingerprint density at radius 2 is 1.85 bits per heavy atom. The molecule has 3 unspecified atom stereocenters. The van der Waals surface area contributed by atoms with Crippen LogP contribution in [0.1, 0.15) is 32.5 Å². The Bertz CT molecular complexity index is 710. The van der Waals surface area contributed by atoms with E-state index in [9.17, 15) is 4.79 Å². The summed E-state index contributed by atoms with van der Waals surface area (Å²) in [6.45, 7) is 7.83. The number of anilines is 2.